The lowest BCUT2D eigenvalue weighted by Crippen LogP contribution is -2.37. The quantitative estimate of drug-likeness (QED) is 0.783. The molecule has 0 aliphatic heterocycles. The van der Waals surface area contributed by atoms with E-state index in [4.69, 9.17) is 4.74 Å². The van der Waals surface area contributed by atoms with Gasteiger partial charge in [-0.1, -0.05) is 28.1 Å². The number of alkyl halides is 1. The molecule has 3 nitrogen and oxygen atoms in total. The van der Waals surface area contributed by atoms with Gasteiger partial charge in [0.2, 0.25) is 0 Å². The predicted molar refractivity (Wildman–Crippen MR) is 81.4 cm³/mol. The van der Waals surface area contributed by atoms with E-state index in [1.807, 2.05) is 45.0 Å². The third-order valence-corrected chi connectivity index (χ3v) is 3.03. The molecule has 0 heterocycles. The molecule has 0 saturated carbocycles. The minimum absolute atomic E-state index is 0.315. The van der Waals surface area contributed by atoms with Crippen molar-refractivity contribution >= 4 is 22.0 Å². The standard InChI is InChI=1S/C15H21BrFNO2/c1-15(2,3)20-14(19)18(10-4-9-17)11-12-5-7-13(16)8-6-12/h5-8H,4,9-11H2,1-3H3. The van der Waals surface area contributed by atoms with Gasteiger partial charge in [0.1, 0.15) is 5.60 Å². The lowest BCUT2D eigenvalue weighted by atomic mass is 10.2. The first kappa shape index (κ1) is 17.0. The maximum absolute atomic E-state index is 12.4. The minimum Gasteiger partial charge on any atom is -0.444 e. The first-order valence-corrected chi connectivity index (χ1v) is 7.39. The summed E-state index contributed by atoms with van der Waals surface area (Å²) in [7, 11) is 0. The average Bonchev–Trinajstić information content (AvgIpc) is 2.34. The highest BCUT2D eigenvalue weighted by atomic mass is 79.9. The van der Waals surface area contributed by atoms with Gasteiger partial charge in [-0.05, 0) is 44.9 Å². The zero-order chi connectivity index (χ0) is 15.2. The molecule has 0 N–H and O–H groups in total. The molecule has 0 radical (unpaired) electrons. The van der Waals surface area contributed by atoms with Gasteiger partial charge in [-0.15, -0.1) is 0 Å². The molecule has 1 rings (SSSR count). The largest absolute Gasteiger partial charge is 0.444 e. The molecule has 1 aromatic rings. The third-order valence-electron chi connectivity index (χ3n) is 2.50. The van der Waals surface area contributed by atoms with Crippen LogP contribution >= 0.6 is 15.9 Å². The van der Waals surface area contributed by atoms with Crippen molar-refractivity contribution in [2.75, 3.05) is 13.2 Å². The fraction of sp³-hybridized carbons (Fsp3) is 0.533. The Morgan fingerprint density at radius 1 is 1.30 bits per heavy atom. The highest BCUT2D eigenvalue weighted by Gasteiger charge is 2.22. The molecule has 0 unspecified atom stereocenters. The Kier molecular flexibility index (Phi) is 6.46. The Hall–Kier alpha value is -1.10. The van der Waals surface area contributed by atoms with Crippen LogP contribution in [0.2, 0.25) is 0 Å². The molecule has 0 spiro atoms. The molecule has 0 saturated heterocycles. The molecule has 0 aliphatic rings. The first-order valence-electron chi connectivity index (χ1n) is 6.60. The van der Waals surface area contributed by atoms with Gasteiger partial charge in [-0.25, -0.2) is 4.79 Å². The third kappa shape index (κ3) is 6.37. The second-order valence-electron chi connectivity index (χ2n) is 5.57. The Balaban J connectivity index is 2.73. The van der Waals surface area contributed by atoms with Crippen molar-refractivity contribution in [3.63, 3.8) is 0 Å². The Bertz CT molecular complexity index is 428. The second kappa shape index (κ2) is 7.62. The normalized spacial score (nSPS) is 11.2. The zero-order valence-corrected chi connectivity index (χ0v) is 13.7. The zero-order valence-electron chi connectivity index (χ0n) is 12.2. The van der Waals surface area contributed by atoms with Crippen molar-refractivity contribution in [2.45, 2.75) is 39.3 Å². The summed E-state index contributed by atoms with van der Waals surface area (Å²) in [5, 5.41) is 0. The van der Waals surface area contributed by atoms with Crippen LogP contribution in [0.25, 0.3) is 0 Å². The van der Waals surface area contributed by atoms with Crippen molar-refractivity contribution in [3.8, 4) is 0 Å². The molecule has 1 amide bonds. The molecule has 1 aromatic carbocycles. The van der Waals surface area contributed by atoms with Crippen molar-refractivity contribution in [1.29, 1.82) is 0 Å². The van der Waals surface area contributed by atoms with Crippen LogP contribution in [0.15, 0.2) is 28.7 Å². The topological polar surface area (TPSA) is 29.5 Å². The van der Waals surface area contributed by atoms with Gasteiger partial charge >= 0.3 is 6.09 Å². The van der Waals surface area contributed by atoms with Gasteiger partial charge in [0, 0.05) is 17.6 Å². The monoisotopic (exact) mass is 345 g/mol. The number of nitrogens with zero attached hydrogens (tertiary/aromatic N) is 1. The fourth-order valence-corrected chi connectivity index (χ4v) is 1.89. The lowest BCUT2D eigenvalue weighted by molar-refractivity contribution is 0.0229. The average molecular weight is 346 g/mol. The molecule has 0 fully saturated rings. The maximum Gasteiger partial charge on any atom is 0.410 e. The lowest BCUT2D eigenvalue weighted by Gasteiger charge is -2.27. The number of ether oxygens (including phenoxy) is 1. The summed E-state index contributed by atoms with van der Waals surface area (Å²) >= 11 is 3.37. The molecule has 0 atom stereocenters. The van der Waals surface area contributed by atoms with E-state index in [-0.39, 0.29) is 0 Å². The van der Waals surface area contributed by atoms with Crippen molar-refractivity contribution in [2.24, 2.45) is 0 Å². The first-order chi connectivity index (χ1) is 9.31. The molecular weight excluding hydrogens is 325 g/mol. The highest BCUT2D eigenvalue weighted by Crippen LogP contribution is 2.15. The van der Waals surface area contributed by atoms with Crippen molar-refractivity contribution < 1.29 is 13.9 Å². The highest BCUT2D eigenvalue weighted by molar-refractivity contribution is 9.10. The van der Waals surface area contributed by atoms with Crippen LogP contribution in [0.4, 0.5) is 9.18 Å². The molecule has 0 aromatic heterocycles. The number of hydrogen-bond donors (Lipinski definition) is 0. The van der Waals surface area contributed by atoms with Gasteiger partial charge in [-0.2, -0.15) is 0 Å². The second-order valence-corrected chi connectivity index (χ2v) is 6.49. The van der Waals surface area contributed by atoms with E-state index >= 15 is 0 Å². The van der Waals surface area contributed by atoms with Gasteiger partial charge in [0.25, 0.3) is 0 Å². The number of benzene rings is 1. The van der Waals surface area contributed by atoms with E-state index in [1.165, 1.54) is 4.90 Å². The van der Waals surface area contributed by atoms with E-state index in [0.29, 0.717) is 19.5 Å². The maximum atomic E-state index is 12.4. The summed E-state index contributed by atoms with van der Waals surface area (Å²) in [6, 6.07) is 7.68. The van der Waals surface area contributed by atoms with Crippen LogP contribution < -0.4 is 0 Å². The summed E-state index contributed by atoms with van der Waals surface area (Å²) in [4.78, 5) is 13.6. The number of hydrogen-bond acceptors (Lipinski definition) is 2. The summed E-state index contributed by atoms with van der Waals surface area (Å²) in [5.74, 6) is 0. The predicted octanol–water partition coefficient (Wildman–Crippen LogP) is 4.55. The Morgan fingerprint density at radius 2 is 1.90 bits per heavy atom. The van der Waals surface area contributed by atoms with Gasteiger partial charge in [0.05, 0.1) is 6.67 Å². The van der Waals surface area contributed by atoms with Crippen LogP contribution in [0.5, 0.6) is 0 Å². The summed E-state index contributed by atoms with van der Waals surface area (Å²) in [5.41, 5.74) is 0.433. The molecule has 0 bridgehead atoms. The molecular formula is C15H21BrFNO2. The van der Waals surface area contributed by atoms with Crippen LogP contribution in [-0.4, -0.2) is 29.8 Å². The number of halogens is 2. The minimum atomic E-state index is -0.551. The van der Waals surface area contributed by atoms with E-state index < -0.39 is 18.4 Å². The number of carbonyl (C=O) groups is 1. The van der Waals surface area contributed by atoms with E-state index in [0.717, 1.165) is 10.0 Å². The molecule has 5 heteroatoms. The van der Waals surface area contributed by atoms with E-state index in [1.54, 1.807) is 0 Å². The summed E-state index contributed by atoms with van der Waals surface area (Å²) < 4.78 is 18.7. The number of rotatable bonds is 5. The van der Waals surface area contributed by atoms with Crippen LogP contribution in [0.1, 0.15) is 32.8 Å². The Labute approximate surface area is 128 Å². The SMILES string of the molecule is CC(C)(C)OC(=O)N(CCCF)Cc1ccc(Br)cc1. The Morgan fingerprint density at radius 3 is 2.40 bits per heavy atom. The summed E-state index contributed by atoms with van der Waals surface area (Å²) in [6.45, 7) is 5.77. The smallest absolute Gasteiger partial charge is 0.410 e. The molecule has 20 heavy (non-hydrogen) atoms. The van der Waals surface area contributed by atoms with Crippen molar-refractivity contribution in [1.82, 2.24) is 4.90 Å². The van der Waals surface area contributed by atoms with Gasteiger partial charge in [-0.3, -0.25) is 4.39 Å². The summed E-state index contributed by atoms with van der Waals surface area (Å²) in [6.07, 6.45) is -0.0932. The number of amides is 1. The van der Waals surface area contributed by atoms with E-state index in [9.17, 15) is 9.18 Å². The van der Waals surface area contributed by atoms with Gasteiger partial charge < -0.3 is 9.64 Å². The van der Waals surface area contributed by atoms with Crippen LogP contribution in [0, 0.1) is 0 Å². The van der Waals surface area contributed by atoms with Crippen molar-refractivity contribution in [3.05, 3.63) is 34.3 Å². The molecule has 112 valence electrons. The number of carbonyl (C=O) groups excluding carboxylic acids is 1. The fourth-order valence-electron chi connectivity index (χ4n) is 1.62. The van der Waals surface area contributed by atoms with E-state index in [2.05, 4.69) is 15.9 Å². The van der Waals surface area contributed by atoms with Crippen LogP contribution in [0.3, 0.4) is 0 Å². The van der Waals surface area contributed by atoms with Crippen LogP contribution in [-0.2, 0) is 11.3 Å². The van der Waals surface area contributed by atoms with Gasteiger partial charge in [0.15, 0.2) is 0 Å². The molecule has 0 aliphatic carbocycles.